The van der Waals surface area contributed by atoms with Gasteiger partial charge >= 0.3 is 6.09 Å². The molecule has 3 atom stereocenters. The first-order valence-electron chi connectivity index (χ1n) is 5.78. The Hall–Kier alpha value is -1.06. The topological polar surface area (TPSA) is 46.6 Å². The Morgan fingerprint density at radius 2 is 1.69 bits per heavy atom. The number of fused-ring (bicyclic) bond motifs is 1. The lowest BCUT2D eigenvalue weighted by Gasteiger charge is -2.25. The van der Waals surface area contributed by atoms with Gasteiger partial charge in [0.25, 0.3) is 0 Å². The minimum atomic E-state index is -0.441. The van der Waals surface area contributed by atoms with Crippen molar-refractivity contribution in [2.45, 2.75) is 33.3 Å². The van der Waals surface area contributed by atoms with Crippen molar-refractivity contribution in [1.82, 2.24) is 4.90 Å². The number of amides is 1. The van der Waals surface area contributed by atoms with Gasteiger partial charge in [0, 0.05) is 19.0 Å². The van der Waals surface area contributed by atoms with E-state index in [1.165, 1.54) is 0 Å². The summed E-state index contributed by atoms with van der Waals surface area (Å²) in [5.74, 6) is 1.26. The fourth-order valence-electron chi connectivity index (χ4n) is 2.60. The number of hydrogen-bond acceptors (Lipinski definition) is 3. The van der Waals surface area contributed by atoms with Crippen LogP contribution in [0.3, 0.4) is 0 Å². The van der Waals surface area contributed by atoms with E-state index in [9.17, 15) is 9.59 Å². The summed E-state index contributed by atoms with van der Waals surface area (Å²) in [6.45, 7) is 8.59. The molecule has 0 N–H and O–H groups in total. The lowest BCUT2D eigenvalue weighted by Crippen LogP contribution is -2.37. The molecule has 1 amide bonds. The van der Waals surface area contributed by atoms with E-state index in [1.807, 2.05) is 20.8 Å². The van der Waals surface area contributed by atoms with Gasteiger partial charge in [0.05, 0.1) is 0 Å². The molecular formula is C12H19NO3. The van der Waals surface area contributed by atoms with Gasteiger partial charge in [0.15, 0.2) is 0 Å². The maximum Gasteiger partial charge on any atom is 0.410 e. The predicted molar refractivity (Wildman–Crippen MR) is 59.0 cm³/mol. The first kappa shape index (κ1) is 11.4. The number of carbonyl (C=O) groups excluding carboxylic acids is 2. The third kappa shape index (κ3) is 2.06. The summed E-state index contributed by atoms with van der Waals surface area (Å²) >= 11 is 0. The van der Waals surface area contributed by atoms with Crippen LogP contribution in [0.25, 0.3) is 0 Å². The Bertz CT molecular complexity index is 320. The van der Waals surface area contributed by atoms with Crippen LogP contribution in [0.1, 0.15) is 27.7 Å². The average Bonchev–Trinajstić information content (AvgIpc) is 2.60. The largest absolute Gasteiger partial charge is 0.444 e. The van der Waals surface area contributed by atoms with Crippen molar-refractivity contribution in [3.8, 4) is 0 Å². The first-order chi connectivity index (χ1) is 7.29. The molecule has 16 heavy (non-hydrogen) atoms. The Kier molecular flexibility index (Phi) is 2.48. The number of Topliss-reactive ketones (excluding diaryl/α,β-unsaturated/α-hetero) is 1. The number of rotatable bonds is 1. The fraction of sp³-hybridized carbons (Fsp3) is 0.833. The molecule has 0 aromatic carbocycles. The van der Waals surface area contributed by atoms with Crippen LogP contribution >= 0.6 is 0 Å². The van der Waals surface area contributed by atoms with Crippen molar-refractivity contribution in [2.75, 3.05) is 13.1 Å². The number of ether oxygens (including phenoxy) is 1. The van der Waals surface area contributed by atoms with Gasteiger partial charge in [-0.1, -0.05) is 0 Å². The maximum absolute atomic E-state index is 11.7. The summed E-state index contributed by atoms with van der Waals surface area (Å²) in [5, 5.41) is 0. The number of hydrogen-bond donors (Lipinski definition) is 0. The SMILES string of the molecule is CC(=O)C1C2CN(C(=O)OC(C)(C)C)C[C@H]21. The predicted octanol–water partition coefficient (Wildman–Crippen LogP) is 1.69. The van der Waals surface area contributed by atoms with E-state index in [-0.39, 0.29) is 17.8 Å². The quantitative estimate of drug-likeness (QED) is 0.682. The van der Waals surface area contributed by atoms with Crippen molar-refractivity contribution in [3.05, 3.63) is 0 Å². The normalized spacial score (nSPS) is 32.2. The molecule has 1 aliphatic heterocycles. The molecule has 4 nitrogen and oxygen atoms in total. The Morgan fingerprint density at radius 1 is 1.19 bits per heavy atom. The van der Waals surface area contributed by atoms with Gasteiger partial charge in [-0.25, -0.2) is 4.79 Å². The van der Waals surface area contributed by atoms with E-state index in [1.54, 1.807) is 11.8 Å². The average molecular weight is 225 g/mol. The van der Waals surface area contributed by atoms with Crippen LogP contribution < -0.4 is 0 Å². The molecule has 0 radical (unpaired) electrons. The highest BCUT2D eigenvalue weighted by atomic mass is 16.6. The van der Waals surface area contributed by atoms with Gasteiger partial charge in [0.2, 0.25) is 0 Å². The highest BCUT2D eigenvalue weighted by molar-refractivity contribution is 5.83. The molecule has 90 valence electrons. The second-order valence-corrected chi connectivity index (χ2v) is 5.85. The fourth-order valence-corrected chi connectivity index (χ4v) is 2.60. The van der Waals surface area contributed by atoms with E-state index in [2.05, 4.69) is 0 Å². The first-order valence-corrected chi connectivity index (χ1v) is 5.78. The molecule has 0 aromatic rings. The van der Waals surface area contributed by atoms with E-state index < -0.39 is 5.60 Å². The van der Waals surface area contributed by atoms with Crippen LogP contribution in [0.4, 0.5) is 4.79 Å². The third-order valence-electron chi connectivity index (χ3n) is 3.32. The molecule has 2 aliphatic rings. The van der Waals surface area contributed by atoms with E-state index >= 15 is 0 Å². The van der Waals surface area contributed by atoms with Crippen molar-refractivity contribution in [3.63, 3.8) is 0 Å². The monoisotopic (exact) mass is 225 g/mol. The summed E-state index contributed by atoms with van der Waals surface area (Å²) in [5.41, 5.74) is -0.441. The molecule has 2 unspecified atom stereocenters. The number of piperidine rings is 1. The summed E-state index contributed by atoms with van der Waals surface area (Å²) in [6.07, 6.45) is -0.248. The molecule has 1 saturated heterocycles. The molecule has 1 heterocycles. The second kappa shape index (κ2) is 3.47. The van der Waals surface area contributed by atoms with Crippen LogP contribution in [0.2, 0.25) is 0 Å². The zero-order valence-electron chi connectivity index (χ0n) is 10.3. The molecule has 0 spiro atoms. The Morgan fingerprint density at radius 3 is 2.06 bits per heavy atom. The maximum atomic E-state index is 11.7. The van der Waals surface area contributed by atoms with Gasteiger partial charge in [0.1, 0.15) is 11.4 Å². The molecule has 2 fully saturated rings. The zero-order chi connectivity index (χ0) is 12.1. The van der Waals surface area contributed by atoms with Gasteiger partial charge < -0.3 is 9.64 Å². The summed E-state index contributed by atoms with van der Waals surface area (Å²) in [6, 6.07) is 0. The van der Waals surface area contributed by atoms with Crippen LogP contribution in [-0.2, 0) is 9.53 Å². The summed E-state index contributed by atoms with van der Waals surface area (Å²) in [7, 11) is 0. The minimum absolute atomic E-state index is 0.207. The molecule has 4 heteroatoms. The molecule has 2 rings (SSSR count). The highest BCUT2D eigenvalue weighted by Gasteiger charge is 2.59. The summed E-state index contributed by atoms with van der Waals surface area (Å²) < 4.78 is 5.29. The van der Waals surface area contributed by atoms with Crippen LogP contribution in [0, 0.1) is 17.8 Å². The molecular weight excluding hydrogens is 206 g/mol. The smallest absolute Gasteiger partial charge is 0.410 e. The lowest BCUT2D eigenvalue weighted by atomic mass is 10.2. The number of ketones is 1. The standard InChI is InChI=1S/C12H19NO3/c1-7(14)10-8-5-13(6-9(8)10)11(15)16-12(2,3)4/h8-10H,5-6H2,1-4H3/t8-,9?,10?/m1/s1. The number of likely N-dealkylation sites (tertiary alicyclic amines) is 1. The van der Waals surface area contributed by atoms with E-state index in [0.717, 1.165) is 0 Å². The van der Waals surface area contributed by atoms with Crippen LogP contribution in [-0.4, -0.2) is 35.5 Å². The Balaban J connectivity index is 1.85. The van der Waals surface area contributed by atoms with E-state index in [0.29, 0.717) is 24.9 Å². The van der Waals surface area contributed by atoms with Crippen molar-refractivity contribution in [1.29, 1.82) is 0 Å². The summed E-state index contributed by atoms with van der Waals surface area (Å²) in [4.78, 5) is 24.6. The van der Waals surface area contributed by atoms with Crippen molar-refractivity contribution >= 4 is 11.9 Å². The van der Waals surface area contributed by atoms with Crippen molar-refractivity contribution < 1.29 is 14.3 Å². The van der Waals surface area contributed by atoms with Crippen LogP contribution in [0.5, 0.6) is 0 Å². The second-order valence-electron chi connectivity index (χ2n) is 5.85. The minimum Gasteiger partial charge on any atom is -0.444 e. The Labute approximate surface area is 95.9 Å². The van der Waals surface area contributed by atoms with Gasteiger partial charge in [-0.15, -0.1) is 0 Å². The number of nitrogens with zero attached hydrogens (tertiary/aromatic N) is 1. The molecule has 0 bridgehead atoms. The van der Waals surface area contributed by atoms with E-state index in [4.69, 9.17) is 4.74 Å². The highest BCUT2D eigenvalue weighted by Crippen LogP contribution is 2.52. The third-order valence-corrected chi connectivity index (χ3v) is 3.32. The van der Waals surface area contributed by atoms with Crippen molar-refractivity contribution in [2.24, 2.45) is 17.8 Å². The number of carbonyl (C=O) groups is 2. The molecule has 0 aromatic heterocycles. The lowest BCUT2D eigenvalue weighted by molar-refractivity contribution is -0.119. The van der Waals surface area contributed by atoms with Crippen LogP contribution in [0.15, 0.2) is 0 Å². The molecule has 1 aliphatic carbocycles. The molecule has 1 saturated carbocycles. The van der Waals surface area contributed by atoms with Gasteiger partial charge in [-0.05, 0) is 39.5 Å². The van der Waals surface area contributed by atoms with Gasteiger partial charge in [-0.2, -0.15) is 0 Å². The van der Waals surface area contributed by atoms with Gasteiger partial charge in [-0.3, -0.25) is 4.79 Å². The zero-order valence-corrected chi connectivity index (χ0v) is 10.3.